The lowest BCUT2D eigenvalue weighted by Crippen LogP contribution is -2.46. The normalized spacial score (nSPS) is 14.8. The average Bonchev–Trinajstić information content (AvgIpc) is 3.45. The molecule has 4 heterocycles. The van der Waals surface area contributed by atoms with E-state index in [1.165, 1.54) is 5.69 Å². The smallest absolute Gasteiger partial charge is 0.292 e. The number of nitrogens with zero attached hydrogens (tertiary/aromatic N) is 5. The van der Waals surface area contributed by atoms with Gasteiger partial charge in [-0.15, -0.1) is 0 Å². The zero-order chi connectivity index (χ0) is 25.0. The van der Waals surface area contributed by atoms with E-state index < -0.39 is 5.56 Å². The highest BCUT2D eigenvalue weighted by molar-refractivity contribution is 6.02. The van der Waals surface area contributed by atoms with Crippen LogP contribution in [0.4, 0.5) is 11.5 Å². The van der Waals surface area contributed by atoms with Crippen molar-refractivity contribution in [3.05, 3.63) is 63.9 Å². The highest BCUT2D eigenvalue weighted by Gasteiger charge is 2.25. The van der Waals surface area contributed by atoms with Gasteiger partial charge in [-0.1, -0.05) is 18.6 Å². The summed E-state index contributed by atoms with van der Waals surface area (Å²) in [6, 6.07) is 14.3. The second-order valence-corrected chi connectivity index (χ2v) is 9.42. The number of piperazine rings is 1. The molecule has 0 radical (unpaired) electrons. The van der Waals surface area contributed by atoms with Crippen LogP contribution in [-0.4, -0.2) is 57.6 Å². The molecular formula is C27H29N7O2. The number of aromatic amines is 1. The average molecular weight is 484 g/mol. The Kier molecular flexibility index (Phi) is 5.30. The third-order valence-electron chi connectivity index (χ3n) is 7.22. The van der Waals surface area contributed by atoms with Crippen LogP contribution < -0.4 is 16.2 Å². The maximum absolute atomic E-state index is 12.7. The quantitative estimate of drug-likeness (QED) is 0.399. The predicted molar refractivity (Wildman–Crippen MR) is 143 cm³/mol. The molecular weight excluding hydrogens is 454 g/mol. The predicted octanol–water partition coefficient (Wildman–Crippen LogP) is 3.86. The molecule has 5 aromatic rings. The number of H-pyrrole nitrogens is 1. The topological polar surface area (TPSA) is 109 Å². The van der Waals surface area contributed by atoms with E-state index in [1.54, 1.807) is 4.68 Å². The molecule has 0 amide bonds. The van der Waals surface area contributed by atoms with Crippen molar-refractivity contribution < 1.29 is 4.42 Å². The van der Waals surface area contributed by atoms with Crippen LogP contribution in [0.15, 0.2) is 51.7 Å². The third kappa shape index (κ3) is 3.54. The van der Waals surface area contributed by atoms with E-state index in [-0.39, 0.29) is 11.3 Å². The molecule has 2 aromatic carbocycles. The Balaban J connectivity index is 1.50. The molecule has 1 aliphatic rings. The van der Waals surface area contributed by atoms with Crippen molar-refractivity contribution >= 4 is 33.4 Å². The molecule has 6 rings (SSSR count). The lowest BCUT2D eigenvalue weighted by atomic mass is 10.1. The number of nitrogen functional groups attached to an aromatic ring is 1. The number of fused-ring (bicyclic) bond motifs is 2. The first-order valence-corrected chi connectivity index (χ1v) is 12.3. The number of aromatic nitrogens is 4. The van der Waals surface area contributed by atoms with Crippen LogP contribution in [0, 0.1) is 13.8 Å². The number of nitrogens with one attached hydrogen (secondary N) is 1. The van der Waals surface area contributed by atoms with Gasteiger partial charge in [0.1, 0.15) is 11.3 Å². The summed E-state index contributed by atoms with van der Waals surface area (Å²) < 4.78 is 8.08. The molecule has 1 fully saturated rings. The van der Waals surface area contributed by atoms with Crippen molar-refractivity contribution in [2.24, 2.45) is 0 Å². The number of benzene rings is 2. The molecule has 184 valence electrons. The molecule has 36 heavy (non-hydrogen) atoms. The molecule has 0 bridgehead atoms. The van der Waals surface area contributed by atoms with Gasteiger partial charge in [0.25, 0.3) is 5.56 Å². The van der Waals surface area contributed by atoms with Crippen molar-refractivity contribution in [3.63, 3.8) is 0 Å². The molecule has 0 spiro atoms. The second kappa shape index (κ2) is 8.53. The summed E-state index contributed by atoms with van der Waals surface area (Å²) in [4.78, 5) is 17.5. The first-order chi connectivity index (χ1) is 17.4. The Bertz CT molecular complexity index is 1640. The fourth-order valence-corrected chi connectivity index (χ4v) is 5.12. The number of hydrogen-bond donors (Lipinski definition) is 2. The van der Waals surface area contributed by atoms with E-state index in [0.29, 0.717) is 16.8 Å². The molecule has 3 aromatic heterocycles. The van der Waals surface area contributed by atoms with Gasteiger partial charge in [0.2, 0.25) is 0 Å². The van der Waals surface area contributed by atoms with Crippen molar-refractivity contribution in [3.8, 4) is 17.1 Å². The monoisotopic (exact) mass is 483 g/mol. The Morgan fingerprint density at radius 2 is 1.75 bits per heavy atom. The van der Waals surface area contributed by atoms with Gasteiger partial charge in [0.15, 0.2) is 17.1 Å². The maximum Gasteiger partial charge on any atom is 0.292 e. The molecule has 0 atom stereocenters. The van der Waals surface area contributed by atoms with Gasteiger partial charge in [-0.05, 0) is 56.8 Å². The van der Waals surface area contributed by atoms with Crippen LogP contribution in [0.5, 0.6) is 0 Å². The van der Waals surface area contributed by atoms with Gasteiger partial charge in [0, 0.05) is 42.8 Å². The van der Waals surface area contributed by atoms with Crippen molar-refractivity contribution in [2.45, 2.75) is 20.8 Å². The summed E-state index contributed by atoms with van der Waals surface area (Å²) >= 11 is 0. The van der Waals surface area contributed by atoms with Crippen LogP contribution in [0.3, 0.4) is 0 Å². The van der Waals surface area contributed by atoms with Gasteiger partial charge >= 0.3 is 0 Å². The summed E-state index contributed by atoms with van der Waals surface area (Å²) in [6.45, 7) is 11.5. The minimum atomic E-state index is -0.394. The van der Waals surface area contributed by atoms with Crippen LogP contribution in [-0.2, 0) is 0 Å². The molecule has 0 aliphatic carbocycles. The first kappa shape index (κ1) is 22.4. The van der Waals surface area contributed by atoms with Gasteiger partial charge in [-0.2, -0.15) is 10.2 Å². The van der Waals surface area contributed by atoms with Crippen LogP contribution in [0.1, 0.15) is 18.1 Å². The van der Waals surface area contributed by atoms with E-state index >= 15 is 0 Å². The van der Waals surface area contributed by atoms with E-state index in [4.69, 9.17) is 10.2 Å². The summed E-state index contributed by atoms with van der Waals surface area (Å²) in [5.74, 6) is 0.823. The summed E-state index contributed by atoms with van der Waals surface area (Å²) in [5, 5.41) is 12.7. The SMILES string of the molecule is CCN1CCN(c2ccc(-n3nc4c(=O)[nH]nc(N)c4c3-c3oc4ccc(C)cc4c3C)cc2)CC1. The largest absolute Gasteiger partial charge is 0.454 e. The standard InChI is InChI=1S/C27H29N7O2/c1-4-32-11-13-33(14-12-32)18-6-8-19(9-7-18)34-24(22-23(31-34)27(35)30-29-26(22)28)25-17(3)20-15-16(2)5-10-21(20)36-25/h5-10,15H,4,11-14H2,1-3H3,(H2,28,29)(H,30,35). The fourth-order valence-electron chi connectivity index (χ4n) is 5.12. The van der Waals surface area contributed by atoms with Crippen molar-refractivity contribution in [1.29, 1.82) is 0 Å². The molecule has 9 nitrogen and oxygen atoms in total. The number of nitrogens with two attached hydrogens (primary N) is 1. The lowest BCUT2D eigenvalue weighted by molar-refractivity contribution is 0.271. The Hall–Kier alpha value is -4.11. The fraction of sp³-hybridized carbons (Fsp3) is 0.296. The molecule has 3 N–H and O–H groups in total. The Morgan fingerprint density at radius 3 is 2.47 bits per heavy atom. The number of hydrogen-bond acceptors (Lipinski definition) is 7. The molecule has 0 unspecified atom stereocenters. The third-order valence-corrected chi connectivity index (χ3v) is 7.22. The highest BCUT2D eigenvalue weighted by Crippen LogP contribution is 2.39. The van der Waals surface area contributed by atoms with E-state index in [2.05, 4.69) is 57.1 Å². The van der Waals surface area contributed by atoms with E-state index in [0.717, 1.165) is 60.5 Å². The molecule has 9 heteroatoms. The number of furan rings is 1. The molecule has 0 saturated carbocycles. The summed E-state index contributed by atoms with van der Waals surface area (Å²) in [5.41, 5.74) is 11.6. The summed E-state index contributed by atoms with van der Waals surface area (Å²) in [7, 11) is 0. The first-order valence-electron chi connectivity index (χ1n) is 12.3. The van der Waals surface area contributed by atoms with Gasteiger partial charge in [-0.25, -0.2) is 9.78 Å². The van der Waals surface area contributed by atoms with Gasteiger partial charge < -0.3 is 20.0 Å². The summed E-state index contributed by atoms with van der Waals surface area (Å²) in [6.07, 6.45) is 0. The van der Waals surface area contributed by atoms with Crippen molar-refractivity contribution in [2.75, 3.05) is 43.4 Å². The van der Waals surface area contributed by atoms with Gasteiger partial charge in [-0.3, -0.25) is 4.79 Å². The number of rotatable bonds is 4. The zero-order valence-corrected chi connectivity index (χ0v) is 20.7. The number of likely N-dealkylation sites (N-methyl/N-ethyl adjacent to an activating group) is 1. The second-order valence-electron chi connectivity index (χ2n) is 9.42. The van der Waals surface area contributed by atoms with Crippen LogP contribution >= 0.6 is 0 Å². The molecule has 1 aliphatic heterocycles. The lowest BCUT2D eigenvalue weighted by Gasteiger charge is -2.35. The minimum Gasteiger partial charge on any atom is -0.454 e. The van der Waals surface area contributed by atoms with Crippen molar-refractivity contribution in [1.82, 2.24) is 24.9 Å². The van der Waals surface area contributed by atoms with Crippen LogP contribution in [0.2, 0.25) is 0 Å². The van der Waals surface area contributed by atoms with E-state index in [9.17, 15) is 4.79 Å². The zero-order valence-electron chi connectivity index (χ0n) is 20.7. The Morgan fingerprint density at radius 1 is 1.03 bits per heavy atom. The maximum atomic E-state index is 12.7. The number of anilines is 2. The highest BCUT2D eigenvalue weighted by atomic mass is 16.3. The molecule has 1 saturated heterocycles. The number of aryl methyl sites for hydroxylation is 2. The van der Waals surface area contributed by atoms with E-state index in [1.807, 2.05) is 31.2 Å². The minimum absolute atomic E-state index is 0.201. The van der Waals surface area contributed by atoms with Gasteiger partial charge in [0.05, 0.1) is 11.1 Å². The Labute approximate surface area is 208 Å². The van der Waals surface area contributed by atoms with Crippen LogP contribution in [0.25, 0.3) is 39.0 Å².